The molecule has 0 unspecified atom stereocenters. The van der Waals surface area contributed by atoms with Crippen LogP contribution in [0.25, 0.3) is 0 Å². The summed E-state index contributed by atoms with van der Waals surface area (Å²) in [6.45, 7) is 4.05. The summed E-state index contributed by atoms with van der Waals surface area (Å²) in [6, 6.07) is 13.9. The van der Waals surface area contributed by atoms with Crippen molar-refractivity contribution >= 4 is 68.7 Å². The zero-order chi connectivity index (χ0) is 23.4. The number of amides is 1. The van der Waals surface area contributed by atoms with E-state index in [0.29, 0.717) is 21.6 Å². The van der Waals surface area contributed by atoms with Crippen LogP contribution >= 0.6 is 57.6 Å². The van der Waals surface area contributed by atoms with E-state index in [1.807, 2.05) is 19.2 Å². The number of aromatic nitrogens is 2. The molecule has 2 aromatic carbocycles. The van der Waals surface area contributed by atoms with Gasteiger partial charge < -0.3 is 5.32 Å². The highest BCUT2D eigenvalue weighted by Gasteiger charge is 2.14. The number of hydrogen-bond acceptors (Lipinski definition) is 6. The summed E-state index contributed by atoms with van der Waals surface area (Å²) in [5.41, 5.74) is 4.38. The van der Waals surface area contributed by atoms with Gasteiger partial charge in [0.1, 0.15) is 0 Å². The highest BCUT2D eigenvalue weighted by atomic mass is 35.5. The van der Waals surface area contributed by atoms with E-state index in [0.717, 1.165) is 31.8 Å². The number of benzene rings is 2. The highest BCUT2D eigenvalue weighted by molar-refractivity contribution is 8.01. The lowest BCUT2D eigenvalue weighted by Crippen LogP contribution is -2.13. The van der Waals surface area contributed by atoms with Crippen molar-refractivity contribution in [2.75, 3.05) is 11.1 Å². The fourth-order valence-corrected chi connectivity index (χ4v) is 6.53. The van der Waals surface area contributed by atoms with Crippen LogP contribution in [0.3, 0.4) is 0 Å². The topological polar surface area (TPSA) is 54.9 Å². The van der Waals surface area contributed by atoms with Gasteiger partial charge in [-0.15, -0.1) is 22.7 Å². The van der Waals surface area contributed by atoms with E-state index in [1.165, 1.54) is 34.2 Å². The molecule has 1 N–H and O–H groups in total. The first-order valence-corrected chi connectivity index (χ1v) is 13.6. The number of rotatable bonds is 8. The average Bonchev–Trinajstić information content (AvgIpc) is 3.35. The van der Waals surface area contributed by atoms with E-state index in [9.17, 15) is 4.79 Å². The molecule has 0 saturated carbocycles. The molecule has 0 aliphatic carbocycles. The van der Waals surface area contributed by atoms with E-state index < -0.39 is 0 Å². The van der Waals surface area contributed by atoms with Crippen LogP contribution in [0.5, 0.6) is 0 Å². The van der Waals surface area contributed by atoms with Crippen LogP contribution in [-0.2, 0) is 17.6 Å². The molecular formula is C24H21Cl2N3OS3. The first-order chi connectivity index (χ1) is 15.9. The van der Waals surface area contributed by atoms with Crippen molar-refractivity contribution in [3.05, 3.63) is 90.8 Å². The summed E-state index contributed by atoms with van der Waals surface area (Å²) >= 11 is 16.9. The maximum absolute atomic E-state index is 12.4. The van der Waals surface area contributed by atoms with Gasteiger partial charge in [0.2, 0.25) is 5.91 Å². The molecule has 4 aromatic rings. The van der Waals surface area contributed by atoms with Gasteiger partial charge in [0.25, 0.3) is 0 Å². The number of thioether (sulfide) groups is 1. The Morgan fingerprint density at radius 1 is 1.09 bits per heavy atom. The van der Waals surface area contributed by atoms with E-state index in [2.05, 4.69) is 46.5 Å². The fourth-order valence-electron chi connectivity index (χ4n) is 3.23. The standard InChI is InChI=1S/C24H21Cl2N3OS3/c1-14-4-3-5-16(8-14)9-19-12-27-23(32-19)29-22(30)13-31-24-28-15(2)21(33-24)11-17-10-18(25)6-7-20(17)26/h3-8,10,12H,9,11,13H2,1-2H3,(H,27,29,30). The molecule has 0 radical (unpaired) electrons. The summed E-state index contributed by atoms with van der Waals surface area (Å²) in [6.07, 6.45) is 3.30. The molecule has 0 atom stereocenters. The normalized spacial score (nSPS) is 11.0. The predicted molar refractivity (Wildman–Crippen MR) is 142 cm³/mol. The van der Waals surface area contributed by atoms with Gasteiger partial charge in [-0.1, -0.05) is 64.8 Å². The van der Waals surface area contributed by atoms with Crippen LogP contribution in [0, 0.1) is 13.8 Å². The number of anilines is 1. The average molecular weight is 535 g/mol. The predicted octanol–water partition coefficient (Wildman–Crippen LogP) is 7.44. The summed E-state index contributed by atoms with van der Waals surface area (Å²) in [7, 11) is 0. The van der Waals surface area contributed by atoms with Gasteiger partial charge in [-0.2, -0.15) is 0 Å². The summed E-state index contributed by atoms with van der Waals surface area (Å²) in [5.74, 6) is 0.181. The monoisotopic (exact) mass is 533 g/mol. The molecule has 9 heteroatoms. The molecular weight excluding hydrogens is 513 g/mol. The van der Waals surface area contributed by atoms with Gasteiger partial charge in [0.05, 0.1) is 11.4 Å². The molecule has 0 saturated heterocycles. The smallest absolute Gasteiger partial charge is 0.236 e. The quantitative estimate of drug-likeness (QED) is 0.239. The van der Waals surface area contributed by atoms with E-state index >= 15 is 0 Å². The van der Waals surface area contributed by atoms with Gasteiger partial charge in [-0.25, -0.2) is 9.97 Å². The lowest BCUT2D eigenvalue weighted by molar-refractivity contribution is -0.113. The van der Waals surface area contributed by atoms with Crippen molar-refractivity contribution in [3.8, 4) is 0 Å². The maximum Gasteiger partial charge on any atom is 0.236 e. The number of carbonyl (C=O) groups excluding carboxylic acids is 1. The van der Waals surface area contributed by atoms with Crippen molar-refractivity contribution in [1.82, 2.24) is 9.97 Å². The Kier molecular flexibility index (Phi) is 8.09. The van der Waals surface area contributed by atoms with Crippen LogP contribution in [0.15, 0.2) is 53.0 Å². The van der Waals surface area contributed by atoms with E-state index in [4.69, 9.17) is 23.2 Å². The van der Waals surface area contributed by atoms with E-state index in [1.54, 1.807) is 23.5 Å². The molecule has 4 rings (SSSR count). The zero-order valence-electron chi connectivity index (χ0n) is 18.0. The van der Waals surface area contributed by atoms with Crippen LogP contribution in [0.2, 0.25) is 10.0 Å². The van der Waals surface area contributed by atoms with Gasteiger partial charge >= 0.3 is 0 Å². The molecule has 1 amide bonds. The van der Waals surface area contributed by atoms with Crippen molar-refractivity contribution in [1.29, 1.82) is 0 Å². The molecule has 0 fully saturated rings. The molecule has 0 aliphatic rings. The summed E-state index contributed by atoms with van der Waals surface area (Å²) in [5, 5.41) is 4.86. The summed E-state index contributed by atoms with van der Waals surface area (Å²) in [4.78, 5) is 23.6. The second-order valence-electron chi connectivity index (χ2n) is 7.54. The van der Waals surface area contributed by atoms with Gasteiger partial charge in [0, 0.05) is 38.8 Å². The van der Waals surface area contributed by atoms with Gasteiger partial charge in [-0.05, 0) is 43.2 Å². The highest BCUT2D eigenvalue weighted by Crippen LogP contribution is 2.31. The van der Waals surface area contributed by atoms with Crippen molar-refractivity contribution < 1.29 is 4.79 Å². The molecule has 0 bridgehead atoms. The minimum Gasteiger partial charge on any atom is -0.301 e. The molecule has 0 spiro atoms. The first-order valence-electron chi connectivity index (χ1n) is 10.2. The lowest BCUT2D eigenvalue weighted by Gasteiger charge is -2.03. The molecule has 0 aliphatic heterocycles. The SMILES string of the molecule is Cc1cccc(Cc2cnc(NC(=O)CSc3nc(C)c(Cc4cc(Cl)ccc4Cl)s3)s2)c1. The number of aryl methyl sites for hydroxylation is 2. The fraction of sp³-hybridized carbons (Fsp3) is 0.208. The van der Waals surface area contributed by atoms with E-state index in [-0.39, 0.29) is 11.7 Å². The molecule has 2 heterocycles. The third-order valence-corrected chi connectivity index (χ3v) is 8.64. The first kappa shape index (κ1) is 24.2. The third-order valence-electron chi connectivity index (χ3n) is 4.82. The Balaban J connectivity index is 1.31. The van der Waals surface area contributed by atoms with Gasteiger partial charge in [-0.3, -0.25) is 4.79 Å². The molecule has 33 heavy (non-hydrogen) atoms. The lowest BCUT2D eigenvalue weighted by atomic mass is 10.1. The Labute approximate surface area is 215 Å². The van der Waals surface area contributed by atoms with Crippen LogP contribution in [0.4, 0.5) is 5.13 Å². The number of thiazole rings is 2. The number of hydrogen-bond donors (Lipinski definition) is 1. The van der Waals surface area contributed by atoms with Crippen LogP contribution in [0.1, 0.15) is 32.1 Å². The second kappa shape index (κ2) is 11.0. The summed E-state index contributed by atoms with van der Waals surface area (Å²) < 4.78 is 0.857. The Morgan fingerprint density at radius 2 is 1.94 bits per heavy atom. The minimum atomic E-state index is -0.0938. The molecule has 4 nitrogen and oxygen atoms in total. The Hall–Kier alpha value is -1.90. The second-order valence-corrected chi connectivity index (χ2v) is 11.8. The number of nitrogens with zero attached hydrogens (tertiary/aromatic N) is 2. The van der Waals surface area contributed by atoms with Crippen LogP contribution in [-0.4, -0.2) is 21.6 Å². The number of carbonyl (C=O) groups is 1. The largest absolute Gasteiger partial charge is 0.301 e. The molecule has 170 valence electrons. The Morgan fingerprint density at radius 3 is 2.76 bits per heavy atom. The maximum atomic E-state index is 12.4. The van der Waals surface area contributed by atoms with Gasteiger partial charge in [0.15, 0.2) is 9.47 Å². The Bertz CT molecular complexity index is 1290. The minimum absolute atomic E-state index is 0.0938. The van der Waals surface area contributed by atoms with Crippen molar-refractivity contribution in [2.24, 2.45) is 0 Å². The zero-order valence-corrected chi connectivity index (χ0v) is 22.0. The van der Waals surface area contributed by atoms with Crippen LogP contribution < -0.4 is 5.32 Å². The third kappa shape index (κ3) is 6.80. The number of halogens is 2. The number of nitrogens with one attached hydrogen (secondary N) is 1. The molecule has 2 aromatic heterocycles. The van der Waals surface area contributed by atoms with Crippen molar-refractivity contribution in [3.63, 3.8) is 0 Å². The van der Waals surface area contributed by atoms with Crippen molar-refractivity contribution in [2.45, 2.75) is 31.0 Å².